The molecule has 0 N–H and O–H groups in total. The molecule has 0 spiro atoms. The zero-order chi connectivity index (χ0) is 6.41. The maximum absolute atomic E-state index is 9.77. The molecule has 0 aliphatic carbocycles. The van der Waals surface area contributed by atoms with Gasteiger partial charge in [-0.05, 0) is 27.1 Å². The Labute approximate surface area is 50.5 Å². The van der Waals surface area contributed by atoms with Crippen LogP contribution in [-0.2, 0) is 4.79 Å². The van der Waals surface area contributed by atoms with Crippen molar-refractivity contribution in [2.24, 2.45) is 0 Å². The Bertz CT molecular complexity index is 61.5. The fourth-order valence-corrected chi connectivity index (χ4v) is 0.491. The molecule has 0 fully saturated rings. The van der Waals surface area contributed by atoms with E-state index in [0.29, 0.717) is 6.42 Å². The Hall–Kier alpha value is -0.370. The van der Waals surface area contributed by atoms with Gasteiger partial charge in [-0.15, -0.1) is 0 Å². The van der Waals surface area contributed by atoms with E-state index in [9.17, 15) is 4.79 Å². The van der Waals surface area contributed by atoms with Gasteiger partial charge in [0, 0.05) is 6.42 Å². The molecule has 0 radical (unpaired) electrons. The number of hydrogen-bond donors (Lipinski definition) is 0. The monoisotopic (exact) mass is 115 g/mol. The first kappa shape index (κ1) is 7.63. The number of aldehydes is 1. The van der Waals surface area contributed by atoms with Crippen LogP contribution in [0.2, 0.25) is 0 Å². The minimum atomic E-state index is 0.693. The largest absolute Gasteiger partial charge is 0.309 e. The third-order valence-corrected chi connectivity index (χ3v) is 0.927. The van der Waals surface area contributed by atoms with Crippen LogP contribution in [0.1, 0.15) is 12.8 Å². The van der Waals surface area contributed by atoms with Crippen molar-refractivity contribution in [1.82, 2.24) is 4.90 Å². The van der Waals surface area contributed by atoms with Crippen LogP contribution in [0.5, 0.6) is 0 Å². The molecule has 0 heterocycles. The van der Waals surface area contributed by atoms with Gasteiger partial charge < -0.3 is 9.69 Å². The van der Waals surface area contributed by atoms with Crippen molar-refractivity contribution in [1.29, 1.82) is 0 Å². The molecule has 0 atom stereocenters. The first-order valence-corrected chi connectivity index (χ1v) is 2.85. The summed E-state index contributed by atoms with van der Waals surface area (Å²) in [6.45, 7) is 1.01. The summed E-state index contributed by atoms with van der Waals surface area (Å²) < 4.78 is 0. The molecule has 2 nitrogen and oxygen atoms in total. The summed E-state index contributed by atoms with van der Waals surface area (Å²) in [7, 11) is 4.01. The molecule has 0 saturated heterocycles. The van der Waals surface area contributed by atoms with E-state index >= 15 is 0 Å². The van der Waals surface area contributed by atoms with E-state index < -0.39 is 0 Å². The Morgan fingerprint density at radius 3 is 2.50 bits per heavy atom. The molecule has 0 unspecified atom stereocenters. The van der Waals surface area contributed by atoms with E-state index in [-0.39, 0.29) is 0 Å². The molecule has 0 saturated carbocycles. The molecular formula is C6H13NO. The molecule has 0 bridgehead atoms. The van der Waals surface area contributed by atoms with Gasteiger partial charge in [-0.3, -0.25) is 0 Å². The lowest BCUT2D eigenvalue weighted by molar-refractivity contribution is -0.107. The summed E-state index contributed by atoms with van der Waals surface area (Å²) >= 11 is 0. The molecular weight excluding hydrogens is 102 g/mol. The zero-order valence-corrected chi connectivity index (χ0v) is 5.55. The lowest BCUT2D eigenvalue weighted by Gasteiger charge is -2.05. The van der Waals surface area contributed by atoms with Crippen molar-refractivity contribution in [3.05, 3.63) is 0 Å². The first-order valence-electron chi connectivity index (χ1n) is 2.85. The van der Waals surface area contributed by atoms with Crippen molar-refractivity contribution < 1.29 is 4.79 Å². The van der Waals surface area contributed by atoms with Crippen molar-refractivity contribution in [3.8, 4) is 0 Å². The molecule has 0 aromatic heterocycles. The predicted molar refractivity (Wildman–Crippen MR) is 33.9 cm³/mol. The molecule has 0 aromatic rings. The van der Waals surface area contributed by atoms with Gasteiger partial charge >= 0.3 is 0 Å². The van der Waals surface area contributed by atoms with Crippen LogP contribution >= 0.6 is 0 Å². The summed E-state index contributed by atoms with van der Waals surface area (Å²) in [4.78, 5) is 11.8. The van der Waals surface area contributed by atoms with Crippen molar-refractivity contribution in [2.45, 2.75) is 12.8 Å². The fraction of sp³-hybridized carbons (Fsp3) is 0.833. The molecule has 2 heteroatoms. The minimum Gasteiger partial charge on any atom is -0.309 e. The van der Waals surface area contributed by atoms with Crippen LogP contribution in [0.3, 0.4) is 0 Å². The maximum atomic E-state index is 9.77. The van der Waals surface area contributed by atoms with E-state index in [1.54, 1.807) is 0 Å². The smallest absolute Gasteiger partial charge is 0.120 e. The molecule has 0 aromatic carbocycles. The topological polar surface area (TPSA) is 20.3 Å². The van der Waals surface area contributed by atoms with Crippen LogP contribution in [0.25, 0.3) is 0 Å². The number of carbonyl (C=O) groups is 1. The zero-order valence-electron chi connectivity index (χ0n) is 5.55. The summed E-state index contributed by atoms with van der Waals surface area (Å²) in [5.74, 6) is 0. The SMILES string of the molecule is CN(C)CCCC=O. The van der Waals surface area contributed by atoms with Crippen LogP contribution in [0.15, 0.2) is 0 Å². The van der Waals surface area contributed by atoms with Crippen LogP contribution in [0.4, 0.5) is 0 Å². The number of unbranched alkanes of at least 4 members (excludes halogenated alkanes) is 1. The van der Waals surface area contributed by atoms with E-state index in [1.807, 2.05) is 14.1 Å². The first-order chi connectivity index (χ1) is 3.77. The summed E-state index contributed by atoms with van der Waals surface area (Å²) in [5.41, 5.74) is 0. The minimum absolute atomic E-state index is 0.693. The average Bonchev–Trinajstić information content (AvgIpc) is 1.66. The Morgan fingerprint density at radius 1 is 1.50 bits per heavy atom. The van der Waals surface area contributed by atoms with E-state index in [2.05, 4.69) is 4.90 Å². The van der Waals surface area contributed by atoms with Gasteiger partial charge in [0.15, 0.2) is 0 Å². The van der Waals surface area contributed by atoms with Crippen LogP contribution < -0.4 is 0 Å². The summed E-state index contributed by atoms with van der Waals surface area (Å²) in [5, 5.41) is 0. The van der Waals surface area contributed by atoms with Gasteiger partial charge in [-0.2, -0.15) is 0 Å². The van der Waals surface area contributed by atoms with Gasteiger partial charge in [-0.25, -0.2) is 0 Å². The van der Waals surface area contributed by atoms with E-state index in [0.717, 1.165) is 19.3 Å². The molecule has 48 valence electrons. The predicted octanol–water partition coefficient (Wildman–Crippen LogP) is 0.527. The number of nitrogens with zero attached hydrogens (tertiary/aromatic N) is 1. The lowest BCUT2D eigenvalue weighted by atomic mass is 10.3. The highest BCUT2D eigenvalue weighted by molar-refractivity contribution is 5.48. The number of hydrogen-bond acceptors (Lipinski definition) is 2. The van der Waals surface area contributed by atoms with Gasteiger partial charge in [0.25, 0.3) is 0 Å². The highest BCUT2D eigenvalue weighted by Crippen LogP contribution is 1.84. The Balaban J connectivity index is 2.81. The van der Waals surface area contributed by atoms with Gasteiger partial charge in [0.1, 0.15) is 6.29 Å². The molecule has 0 amide bonds. The van der Waals surface area contributed by atoms with E-state index in [4.69, 9.17) is 0 Å². The second kappa shape index (κ2) is 4.78. The Morgan fingerprint density at radius 2 is 2.12 bits per heavy atom. The van der Waals surface area contributed by atoms with Crippen molar-refractivity contribution >= 4 is 6.29 Å². The third-order valence-electron chi connectivity index (χ3n) is 0.927. The third kappa shape index (κ3) is 5.63. The lowest BCUT2D eigenvalue weighted by Crippen LogP contribution is -2.12. The molecule has 8 heavy (non-hydrogen) atoms. The standard InChI is InChI=1S/C6H13NO/c1-7(2)5-3-4-6-8/h6H,3-5H2,1-2H3. The van der Waals surface area contributed by atoms with E-state index in [1.165, 1.54) is 0 Å². The van der Waals surface area contributed by atoms with Gasteiger partial charge in [0.05, 0.1) is 0 Å². The van der Waals surface area contributed by atoms with Crippen molar-refractivity contribution in [3.63, 3.8) is 0 Å². The summed E-state index contributed by atoms with van der Waals surface area (Å²) in [6.07, 6.45) is 2.64. The second-order valence-electron chi connectivity index (χ2n) is 2.11. The van der Waals surface area contributed by atoms with Crippen molar-refractivity contribution in [2.75, 3.05) is 20.6 Å². The Kier molecular flexibility index (Phi) is 4.56. The normalized spacial score (nSPS) is 9.88. The quantitative estimate of drug-likeness (QED) is 0.393. The average molecular weight is 115 g/mol. The molecule has 0 rings (SSSR count). The number of rotatable bonds is 4. The summed E-state index contributed by atoms with van der Waals surface area (Å²) in [6, 6.07) is 0. The van der Waals surface area contributed by atoms with Gasteiger partial charge in [-0.1, -0.05) is 0 Å². The maximum Gasteiger partial charge on any atom is 0.120 e. The van der Waals surface area contributed by atoms with Crippen LogP contribution in [0, 0.1) is 0 Å². The second-order valence-corrected chi connectivity index (χ2v) is 2.11. The fourth-order valence-electron chi connectivity index (χ4n) is 0.491. The number of carbonyl (C=O) groups excluding carboxylic acids is 1. The van der Waals surface area contributed by atoms with Gasteiger partial charge in [0.2, 0.25) is 0 Å². The highest BCUT2D eigenvalue weighted by Gasteiger charge is 1.86. The highest BCUT2D eigenvalue weighted by atomic mass is 16.1. The molecule has 0 aliphatic rings. The van der Waals surface area contributed by atoms with Crippen LogP contribution in [-0.4, -0.2) is 31.8 Å². The molecule has 0 aliphatic heterocycles.